The normalized spacial score (nSPS) is 10.6. The molecular formula is C22H19N7O2. The highest BCUT2D eigenvalue weighted by Crippen LogP contribution is 2.39. The highest BCUT2D eigenvalue weighted by Gasteiger charge is 2.23. The van der Waals surface area contributed by atoms with Gasteiger partial charge in [0.2, 0.25) is 5.95 Å². The number of anilines is 1. The van der Waals surface area contributed by atoms with Gasteiger partial charge in [-0.1, -0.05) is 12.1 Å². The van der Waals surface area contributed by atoms with E-state index in [4.69, 9.17) is 10.5 Å². The molecular weight excluding hydrogens is 394 g/mol. The second kappa shape index (κ2) is 8.12. The van der Waals surface area contributed by atoms with Crippen molar-refractivity contribution >= 4 is 17.5 Å². The number of methoxy groups -OCH3 is 1. The van der Waals surface area contributed by atoms with E-state index in [-0.39, 0.29) is 17.5 Å². The van der Waals surface area contributed by atoms with Gasteiger partial charge in [-0.15, -0.1) is 0 Å². The zero-order chi connectivity index (χ0) is 22.0. The topological polar surface area (TPSA) is 131 Å². The van der Waals surface area contributed by atoms with Crippen LogP contribution in [0.15, 0.2) is 48.9 Å². The number of nitrogen functional groups attached to an aromatic ring is 1. The second-order valence-corrected chi connectivity index (χ2v) is 6.64. The third kappa shape index (κ3) is 3.51. The Bertz CT molecular complexity index is 1340. The first kappa shape index (κ1) is 19.8. The molecule has 154 valence electrons. The summed E-state index contributed by atoms with van der Waals surface area (Å²) in [6.07, 6.45) is 4.77. The zero-order valence-electron chi connectivity index (χ0n) is 17.0. The number of nitriles is 1. The summed E-state index contributed by atoms with van der Waals surface area (Å²) in [4.78, 5) is 25.7. The molecule has 3 N–H and O–H groups in total. The van der Waals surface area contributed by atoms with E-state index in [1.807, 2.05) is 13.0 Å². The number of rotatable bonds is 5. The van der Waals surface area contributed by atoms with Crippen LogP contribution in [-0.2, 0) is 0 Å². The van der Waals surface area contributed by atoms with Crippen molar-refractivity contribution in [1.82, 2.24) is 24.7 Å². The van der Waals surface area contributed by atoms with E-state index in [1.54, 1.807) is 54.4 Å². The minimum Gasteiger partial charge on any atom is -0.494 e. The van der Waals surface area contributed by atoms with Gasteiger partial charge in [0.15, 0.2) is 5.65 Å². The third-order valence-electron chi connectivity index (χ3n) is 4.75. The number of hydrogen-bond donors (Lipinski definition) is 2. The SMILES string of the molecule is CCNC(=O)c1cn2c(N)nc(-c3cccc(C#N)c3)c(-c3ccncc3OC)c2n1. The predicted molar refractivity (Wildman–Crippen MR) is 115 cm³/mol. The van der Waals surface area contributed by atoms with Crippen LogP contribution in [0.1, 0.15) is 23.0 Å². The van der Waals surface area contributed by atoms with Gasteiger partial charge in [-0.3, -0.25) is 14.2 Å². The summed E-state index contributed by atoms with van der Waals surface area (Å²) < 4.78 is 7.08. The summed E-state index contributed by atoms with van der Waals surface area (Å²) in [5.41, 5.74) is 9.87. The first-order valence-electron chi connectivity index (χ1n) is 9.53. The van der Waals surface area contributed by atoms with Gasteiger partial charge in [-0.05, 0) is 25.1 Å². The maximum atomic E-state index is 12.4. The number of aromatic nitrogens is 4. The Balaban J connectivity index is 2.09. The van der Waals surface area contributed by atoms with Gasteiger partial charge < -0.3 is 15.8 Å². The molecule has 0 aliphatic heterocycles. The van der Waals surface area contributed by atoms with E-state index in [2.05, 4.69) is 26.3 Å². The van der Waals surface area contributed by atoms with Crippen LogP contribution in [0.25, 0.3) is 28.0 Å². The molecule has 0 saturated carbocycles. The number of carbonyl (C=O) groups excluding carboxylic acids is 1. The van der Waals surface area contributed by atoms with Crippen molar-refractivity contribution in [2.45, 2.75) is 6.92 Å². The number of carbonyl (C=O) groups is 1. The average Bonchev–Trinajstić information content (AvgIpc) is 3.25. The number of nitrogens with two attached hydrogens (primary N) is 1. The van der Waals surface area contributed by atoms with Crippen LogP contribution < -0.4 is 15.8 Å². The Morgan fingerprint density at radius 1 is 1.32 bits per heavy atom. The minimum atomic E-state index is -0.314. The number of nitrogens with zero attached hydrogens (tertiary/aromatic N) is 5. The van der Waals surface area contributed by atoms with Crippen molar-refractivity contribution in [3.63, 3.8) is 0 Å². The fourth-order valence-electron chi connectivity index (χ4n) is 3.36. The maximum absolute atomic E-state index is 12.4. The van der Waals surface area contributed by atoms with Crippen molar-refractivity contribution in [2.75, 3.05) is 19.4 Å². The average molecular weight is 413 g/mol. The van der Waals surface area contributed by atoms with Gasteiger partial charge in [-0.2, -0.15) is 5.26 Å². The lowest BCUT2D eigenvalue weighted by Crippen LogP contribution is -2.22. The molecule has 0 aliphatic carbocycles. The number of imidazole rings is 1. The van der Waals surface area contributed by atoms with Gasteiger partial charge in [0.05, 0.1) is 36.2 Å². The number of ether oxygens (including phenoxy) is 1. The molecule has 0 radical (unpaired) electrons. The molecule has 0 fully saturated rings. The number of pyridine rings is 1. The van der Waals surface area contributed by atoms with Crippen molar-refractivity contribution in [3.05, 3.63) is 60.2 Å². The first-order chi connectivity index (χ1) is 15.1. The fraction of sp³-hybridized carbons (Fsp3) is 0.136. The molecule has 0 bridgehead atoms. The first-order valence-corrected chi connectivity index (χ1v) is 9.53. The predicted octanol–water partition coefficient (Wildman–Crippen LogP) is 2.67. The second-order valence-electron chi connectivity index (χ2n) is 6.64. The number of benzene rings is 1. The van der Waals surface area contributed by atoms with Crippen molar-refractivity contribution in [3.8, 4) is 34.2 Å². The molecule has 9 heteroatoms. The lowest BCUT2D eigenvalue weighted by atomic mass is 9.99. The molecule has 3 heterocycles. The van der Waals surface area contributed by atoms with Crippen LogP contribution in [0.4, 0.5) is 5.95 Å². The molecule has 0 unspecified atom stereocenters. The summed E-state index contributed by atoms with van der Waals surface area (Å²) in [6, 6.07) is 11.0. The molecule has 4 aromatic rings. The summed E-state index contributed by atoms with van der Waals surface area (Å²) >= 11 is 0. The molecule has 3 aromatic heterocycles. The highest BCUT2D eigenvalue weighted by atomic mass is 16.5. The number of hydrogen-bond acceptors (Lipinski definition) is 7. The van der Waals surface area contributed by atoms with E-state index in [9.17, 15) is 10.1 Å². The molecule has 4 rings (SSSR count). The van der Waals surface area contributed by atoms with Crippen LogP contribution in [0, 0.1) is 11.3 Å². The summed E-state index contributed by atoms with van der Waals surface area (Å²) in [5.74, 6) is 0.356. The molecule has 31 heavy (non-hydrogen) atoms. The number of fused-ring (bicyclic) bond motifs is 1. The van der Waals surface area contributed by atoms with Crippen LogP contribution >= 0.6 is 0 Å². The summed E-state index contributed by atoms with van der Waals surface area (Å²) in [7, 11) is 1.55. The molecule has 0 saturated heterocycles. The Morgan fingerprint density at radius 2 is 2.16 bits per heavy atom. The molecule has 0 aliphatic rings. The minimum absolute atomic E-state index is 0.159. The summed E-state index contributed by atoms with van der Waals surface area (Å²) in [6.45, 7) is 2.30. The maximum Gasteiger partial charge on any atom is 0.271 e. The van der Waals surface area contributed by atoms with E-state index in [0.29, 0.717) is 45.9 Å². The Kier molecular flexibility index (Phi) is 5.20. The van der Waals surface area contributed by atoms with Gasteiger partial charge in [-0.25, -0.2) is 9.97 Å². The van der Waals surface area contributed by atoms with Gasteiger partial charge in [0.25, 0.3) is 5.91 Å². The van der Waals surface area contributed by atoms with Crippen LogP contribution in [0.3, 0.4) is 0 Å². The summed E-state index contributed by atoms with van der Waals surface area (Å²) in [5, 5.41) is 12.1. The van der Waals surface area contributed by atoms with Gasteiger partial charge >= 0.3 is 0 Å². The standard InChI is InChI=1S/C22H19N7O2/c1-3-26-21(30)16-12-29-20(27-16)18(15-7-8-25-11-17(15)31-2)19(28-22(29)24)14-6-4-5-13(9-14)10-23/h4-9,11-12H,3H2,1-2H3,(H2,24,28)(H,26,30). The number of amides is 1. The molecule has 1 aromatic carbocycles. The quantitative estimate of drug-likeness (QED) is 0.514. The van der Waals surface area contributed by atoms with Crippen LogP contribution in [-0.4, -0.2) is 38.9 Å². The lowest BCUT2D eigenvalue weighted by Gasteiger charge is -2.15. The Morgan fingerprint density at radius 3 is 2.90 bits per heavy atom. The van der Waals surface area contributed by atoms with Gasteiger partial charge in [0.1, 0.15) is 11.4 Å². The molecule has 0 atom stereocenters. The smallest absolute Gasteiger partial charge is 0.271 e. The molecule has 1 amide bonds. The Labute approximate surface area is 178 Å². The molecule has 9 nitrogen and oxygen atoms in total. The van der Waals surface area contributed by atoms with E-state index in [1.165, 1.54) is 0 Å². The highest BCUT2D eigenvalue weighted by molar-refractivity contribution is 5.97. The largest absolute Gasteiger partial charge is 0.494 e. The van der Waals surface area contributed by atoms with Crippen LogP contribution in [0.2, 0.25) is 0 Å². The number of nitrogens with one attached hydrogen (secondary N) is 1. The van der Waals surface area contributed by atoms with Crippen molar-refractivity contribution in [2.24, 2.45) is 0 Å². The lowest BCUT2D eigenvalue weighted by molar-refractivity contribution is 0.0951. The Hall–Kier alpha value is -4.45. The van der Waals surface area contributed by atoms with Crippen molar-refractivity contribution < 1.29 is 9.53 Å². The van der Waals surface area contributed by atoms with E-state index >= 15 is 0 Å². The monoisotopic (exact) mass is 413 g/mol. The zero-order valence-corrected chi connectivity index (χ0v) is 17.0. The third-order valence-corrected chi connectivity index (χ3v) is 4.75. The fourth-order valence-corrected chi connectivity index (χ4v) is 3.36. The van der Waals surface area contributed by atoms with Gasteiger partial charge in [0, 0.05) is 30.1 Å². The van der Waals surface area contributed by atoms with Crippen LogP contribution in [0.5, 0.6) is 5.75 Å². The van der Waals surface area contributed by atoms with E-state index in [0.717, 1.165) is 0 Å². The van der Waals surface area contributed by atoms with E-state index < -0.39 is 0 Å². The van der Waals surface area contributed by atoms with Crippen molar-refractivity contribution in [1.29, 1.82) is 5.26 Å². The molecule has 0 spiro atoms.